The van der Waals surface area contributed by atoms with Gasteiger partial charge >= 0.3 is 0 Å². The molecule has 0 spiro atoms. The van der Waals surface area contributed by atoms with Crippen LogP contribution >= 0.6 is 11.3 Å². The molecule has 0 aromatic carbocycles. The van der Waals surface area contributed by atoms with Crippen molar-refractivity contribution in [3.63, 3.8) is 0 Å². The highest BCUT2D eigenvalue weighted by Crippen LogP contribution is 2.26. The Morgan fingerprint density at radius 2 is 2.19 bits per heavy atom. The van der Waals surface area contributed by atoms with E-state index in [0.717, 1.165) is 12.8 Å². The van der Waals surface area contributed by atoms with Gasteiger partial charge in [0.2, 0.25) is 10.0 Å². The first-order chi connectivity index (χ1) is 7.53. The molecule has 1 heterocycles. The topological polar surface area (TPSA) is 66.4 Å². The smallest absolute Gasteiger partial charge is 0.242 e. The second-order valence-corrected chi connectivity index (χ2v) is 6.25. The quantitative estimate of drug-likeness (QED) is 0.767. The number of aliphatic hydroxyl groups is 1. The molecule has 1 aromatic rings. The van der Waals surface area contributed by atoms with E-state index in [1.54, 1.807) is 12.3 Å². The normalized spacial score (nSPS) is 11.9. The van der Waals surface area contributed by atoms with E-state index < -0.39 is 10.0 Å². The Bertz CT molecular complexity index is 437. The molecular weight excluding hydrogens is 246 g/mol. The van der Waals surface area contributed by atoms with E-state index in [0.29, 0.717) is 17.0 Å². The third-order valence-electron chi connectivity index (χ3n) is 2.22. The summed E-state index contributed by atoms with van der Waals surface area (Å²) in [6.07, 6.45) is 1.76. The van der Waals surface area contributed by atoms with Gasteiger partial charge in [-0.2, -0.15) is 0 Å². The monoisotopic (exact) mass is 263 g/mol. The molecule has 2 N–H and O–H groups in total. The summed E-state index contributed by atoms with van der Waals surface area (Å²) in [5, 5.41) is 10.8. The molecule has 0 saturated carbocycles. The zero-order valence-electron chi connectivity index (χ0n) is 9.49. The molecular formula is C10H17NO3S2. The van der Waals surface area contributed by atoms with Crippen LogP contribution in [0, 0.1) is 6.92 Å². The molecule has 0 saturated heterocycles. The molecule has 0 radical (unpaired) electrons. The highest BCUT2D eigenvalue weighted by molar-refractivity contribution is 7.89. The predicted octanol–water partition coefficient (Wildman–Crippen LogP) is 1.63. The zero-order valence-corrected chi connectivity index (χ0v) is 11.1. The minimum Gasteiger partial charge on any atom is -0.391 e. The molecule has 16 heavy (non-hydrogen) atoms. The van der Waals surface area contributed by atoms with Crippen molar-refractivity contribution < 1.29 is 13.5 Å². The lowest BCUT2D eigenvalue weighted by Crippen LogP contribution is -2.25. The van der Waals surface area contributed by atoms with Crippen LogP contribution in [0.2, 0.25) is 0 Å². The number of sulfonamides is 1. The van der Waals surface area contributed by atoms with Crippen LogP contribution in [-0.2, 0) is 16.6 Å². The van der Waals surface area contributed by atoms with E-state index >= 15 is 0 Å². The van der Waals surface area contributed by atoms with E-state index in [-0.39, 0.29) is 11.5 Å². The molecule has 0 unspecified atom stereocenters. The van der Waals surface area contributed by atoms with Gasteiger partial charge in [-0.25, -0.2) is 13.1 Å². The molecule has 0 amide bonds. The maximum absolute atomic E-state index is 12.0. The maximum atomic E-state index is 12.0. The van der Waals surface area contributed by atoms with Gasteiger partial charge in [-0.3, -0.25) is 0 Å². The van der Waals surface area contributed by atoms with Gasteiger partial charge in [0, 0.05) is 6.54 Å². The van der Waals surface area contributed by atoms with Crippen LogP contribution in [0.1, 0.15) is 30.2 Å². The van der Waals surface area contributed by atoms with Crippen LogP contribution in [-0.4, -0.2) is 20.1 Å². The summed E-state index contributed by atoms with van der Waals surface area (Å²) in [5.41, 5.74) is 0.693. The number of nitrogens with one attached hydrogen (secondary N) is 1. The van der Waals surface area contributed by atoms with Crippen molar-refractivity contribution in [2.45, 2.75) is 38.2 Å². The molecule has 0 aliphatic rings. The molecule has 1 rings (SSSR count). The molecule has 0 aliphatic heterocycles. The number of hydrogen-bond acceptors (Lipinski definition) is 4. The van der Waals surface area contributed by atoms with Gasteiger partial charge in [-0.05, 0) is 24.3 Å². The Balaban J connectivity index is 2.93. The van der Waals surface area contributed by atoms with Gasteiger partial charge in [0.1, 0.15) is 4.90 Å². The summed E-state index contributed by atoms with van der Waals surface area (Å²) >= 11 is 1.27. The number of rotatable bonds is 6. The van der Waals surface area contributed by atoms with Crippen molar-refractivity contribution in [3.05, 3.63) is 15.8 Å². The van der Waals surface area contributed by atoms with Gasteiger partial charge in [-0.1, -0.05) is 13.3 Å². The lowest BCUT2D eigenvalue weighted by Gasteiger charge is -2.07. The van der Waals surface area contributed by atoms with Crippen molar-refractivity contribution in [1.29, 1.82) is 0 Å². The maximum Gasteiger partial charge on any atom is 0.242 e. The molecule has 1 aromatic heterocycles. The minimum absolute atomic E-state index is 0.234. The van der Waals surface area contributed by atoms with E-state index in [1.807, 2.05) is 6.92 Å². The summed E-state index contributed by atoms with van der Waals surface area (Å²) in [4.78, 5) is 0.748. The molecule has 6 heteroatoms. The van der Waals surface area contributed by atoms with Crippen molar-refractivity contribution in [1.82, 2.24) is 4.72 Å². The van der Waals surface area contributed by atoms with Gasteiger partial charge in [0.15, 0.2) is 0 Å². The zero-order chi connectivity index (χ0) is 12.2. The number of aryl methyl sites for hydroxylation is 1. The van der Waals surface area contributed by atoms with Crippen LogP contribution in [0.5, 0.6) is 0 Å². The molecule has 92 valence electrons. The van der Waals surface area contributed by atoms with Crippen LogP contribution in [0.4, 0.5) is 0 Å². The molecule has 4 nitrogen and oxygen atoms in total. The standard InChI is InChI=1S/C10H17NO3S2/c1-3-4-5-11-16(13,14)10-8(2)7-15-9(10)6-12/h7,11-12H,3-6H2,1-2H3. The second-order valence-electron chi connectivity index (χ2n) is 3.58. The lowest BCUT2D eigenvalue weighted by atomic mass is 10.3. The Morgan fingerprint density at radius 1 is 1.50 bits per heavy atom. The number of aliphatic hydroxyl groups excluding tert-OH is 1. The summed E-state index contributed by atoms with van der Waals surface area (Å²) in [6, 6.07) is 0. The first kappa shape index (κ1) is 13.6. The van der Waals surface area contributed by atoms with Crippen molar-refractivity contribution >= 4 is 21.4 Å². The third-order valence-corrected chi connectivity index (χ3v) is 5.13. The van der Waals surface area contributed by atoms with Crippen LogP contribution in [0.3, 0.4) is 0 Å². The minimum atomic E-state index is -3.46. The summed E-state index contributed by atoms with van der Waals surface area (Å²) in [6.45, 7) is 3.95. The summed E-state index contributed by atoms with van der Waals surface area (Å²) in [7, 11) is -3.46. The van der Waals surface area contributed by atoms with Gasteiger partial charge < -0.3 is 5.11 Å². The van der Waals surface area contributed by atoms with Gasteiger partial charge in [0.25, 0.3) is 0 Å². The average Bonchev–Trinajstić information content (AvgIpc) is 2.60. The molecule has 0 atom stereocenters. The van der Waals surface area contributed by atoms with E-state index in [9.17, 15) is 8.42 Å². The first-order valence-corrected chi connectivity index (χ1v) is 7.56. The Morgan fingerprint density at radius 3 is 2.75 bits per heavy atom. The highest BCUT2D eigenvalue weighted by atomic mass is 32.2. The van der Waals surface area contributed by atoms with Crippen molar-refractivity contribution in [3.8, 4) is 0 Å². The average molecular weight is 263 g/mol. The Kier molecular flexibility index (Phi) is 4.91. The SMILES string of the molecule is CCCCNS(=O)(=O)c1c(C)csc1CO. The Hall–Kier alpha value is -0.430. The van der Waals surface area contributed by atoms with Crippen molar-refractivity contribution in [2.75, 3.05) is 6.54 Å². The summed E-state index contributed by atoms with van der Waals surface area (Å²) < 4.78 is 26.5. The number of unbranched alkanes of at least 4 members (excludes halogenated alkanes) is 1. The van der Waals surface area contributed by atoms with Crippen LogP contribution < -0.4 is 4.72 Å². The summed E-state index contributed by atoms with van der Waals surface area (Å²) in [5.74, 6) is 0. The van der Waals surface area contributed by atoms with Gasteiger partial charge in [-0.15, -0.1) is 11.3 Å². The number of hydrogen-bond donors (Lipinski definition) is 2. The fourth-order valence-corrected chi connectivity index (χ4v) is 4.14. The molecule has 0 aliphatic carbocycles. The first-order valence-electron chi connectivity index (χ1n) is 5.20. The van der Waals surface area contributed by atoms with Crippen LogP contribution in [0.15, 0.2) is 10.3 Å². The fourth-order valence-electron chi connectivity index (χ4n) is 1.41. The van der Waals surface area contributed by atoms with E-state index in [1.165, 1.54) is 11.3 Å². The molecule has 0 fully saturated rings. The third kappa shape index (κ3) is 3.04. The van der Waals surface area contributed by atoms with E-state index in [4.69, 9.17) is 5.11 Å². The van der Waals surface area contributed by atoms with Crippen molar-refractivity contribution in [2.24, 2.45) is 0 Å². The van der Waals surface area contributed by atoms with Gasteiger partial charge in [0.05, 0.1) is 11.5 Å². The predicted molar refractivity (Wildman–Crippen MR) is 65.1 cm³/mol. The van der Waals surface area contributed by atoms with E-state index in [2.05, 4.69) is 4.72 Å². The Labute approximate surface area is 100 Å². The number of thiophene rings is 1. The highest BCUT2D eigenvalue weighted by Gasteiger charge is 2.21. The lowest BCUT2D eigenvalue weighted by molar-refractivity contribution is 0.282. The largest absolute Gasteiger partial charge is 0.391 e. The second kappa shape index (κ2) is 5.77. The fraction of sp³-hybridized carbons (Fsp3) is 0.600. The molecule has 0 bridgehead atoms. The van der Waals surface area contributed by atoms with Crippen LogP contribution in [0.25, 0.3) is 0 Å².